The van der Waals surface area contributed by atoms with E-state index in [0.29, 0.717) is 11.1 Å². The molecule has 0 saturated carbocycles. The number of allylic oxidation sites excluding steroid dienone is 2. The number of amides is 4. The van der Waals surface area contributed by atoms with Crippen LogP contribution in [0.1, 0.15) is 70.5 Å². The van der Waals surface area contributed by atoms with Crippen LogP contribution in [-0.4, -0.2) is 50.5 Å². The van der Waals surface area contributed by atoms with Crippen molar-refractivity contribution in [3.8, 4) is 0 Å². The predicted octanol–water partition coefficient (Wildman–Crippen LogP) is 3.44. The molecule has 0 radical (unpaired) electrons. The molecule has 2 aliphatic rings. The van der Waals surface area contributed by atoms with Gasteiger partial charge in [0.2, 0.25) is 0 Å². The second-order valence-corrected chi connectivity index (χ2v) is 10.7. The molecule has 214 valence electrons. The maximum atomic E-state index is 13.2. The Kier molecular flexibility index (Phi) is 9.89. The Morgan fingerprint density at radius 2 is 1.83 bits per heavy atom. The average molecular weight is 577 g/mol. The van der Waals surface area contributed by atoms with Gasteiger partial charge in [0.25, 0.3) is 11.8 Å². The third-order valence-electron chi connectivity index (χ3n) is 7.42. The first-order chi connectivity index (χ1) is 19.7. The van der Waals surface area contributed by atoms with Gasteiger partial charge in [-0.05, 0) is 68.4 Å². The van der Waals surface area contributed by atoms with Crippen molar-refractivity contribution < 1.29 is 23.8 Å². The molecule has 0 spiro atoms. The van der Waals surface area contributed by atoms with Gasteiger partial charge in [0.1, 0.15) is 6.04 Å². The molecule has 3 atom stereocenters. The van der Waals surface area contributed by atoms with Crippen molar-refractivity contribution in [3.63, 3.8) is 0 Å². The van der Waals surface area contributed by atoms with E-state index < -0.39 is 23.9 Å². The SMILES string of the molecule is BOC(=O)[C@H](CNC(=O)NC1CCC2=C1C=CCC2)NC(=O)c1c(C)cc(C(=O)N[C@H](C)c2ccccc2)cc1Cl. The molecule has 2 aromatic carbocycles. The number of aryl methyl sites for hydroxylation is 1. The van der Waals surface area contributed by atoms with Crippen LogP contribution in [0.4, 0.5) is 4.79 Å². The van der Waals surface area contributed by atoms with E-state index >= 15 is 0 Å². The predicted molar refractivity (Wildman–Crippen MR) is 159 cm³/mol. The first-order valence-corrected chi connectivity index (χ1v) is 14.0. The molecule has 0 fully saturated rings. The highest BCUT2D eigenvalue weighted by molar-refractivity contribution is 6.34. The molecule has 4 N–H and O–H groups in total. The summed E-state index contributed by atoms with van der Waals surface area (Å²) in [6.45, 7) is 3.34. The van der Waals surface area contributed by atoms with Gasteiger partial charge in [0.15, 0.2) is 0 Å². The third-order valence-corrected chi connectivity index (χ3v) is 7.71. The number of benzene rings is 2. The van der Waals surface area contributed by atoms with E-state index in [9.17, 15) is 19.2 Å². The smallest absolute Gasteiger partial charge is 0.326 e. The fourth-order valence-electron chi connectivity index (χ4n) is 5.22. The summed E-state index contributed by atoms with van der Waals surface area (Å²) >= 11 is 6.46. The van der Waals surface area contributed by atoms with Gasteiger partial charge >= 0.3 is 20.0 Å². The maximum absolute atomic E-state index is 13.2. The van der Waals surface area contributed by atoms with Gasteiger partial charge < -0.3 is 25.9 Å². The Labute approximate surface area is 245 Å². The zero-order valence-corrected chi connectivity index (χ0v) is 24.1. The second-order valence-electron chi connectivity index (χ2n) is 10.3. The Balaban J connectivity index is 1.38. The highest BCUT2D eigenvalue weighted by Gasteiger charge is 2.28. The van der Waals surface area contributed by atoms with Gasteiger partial charge in [0.05, 0.1) is 29.2 Å². The molecule has 0 aromatic heterocycles. The van der Waals surface area contributed by atoms with E-state index in [1.54, 1.807) is 13.0 Å². The van der Waals surface area contributed by atoms with E-state index in [1.807, 2.05) is 37.3 Å². The molecule has 4 rings (SSSR count). The Hall–Kier alpha value is -4.05. The Bertz CT molecular complexity index is 1370. The molecule has 41 heavy (non-hydrogen) atoms. The van der Waals surface area contributed by atoms with Crippen LogP contribution in [-0.2, 0) is 9.45 Å². The van der Waals surface area contributed by atoms with E-state index in [1.165, 1.54) is 19.7 Å². The van der Waals surface area contributed by atoms with E-state index in [0.717, 1.165) is 36.8 Å². The molecule has 4 amide bonds. The van der Waals surface area contributed by atoms with Crippen molar-refractivity contribution in [2.75, 3.05) is 6.54 Å². The van der Waals surface area contributed by atoms with Gasteiger partial charge in [-0.15, -0.1) is 0 Å². The highest BCUT2D eigenvalue weighted by Crippen LogP contribution is 2.33. The summed E-state index contributed by atoms with van der Waals surface area (Å²) in [7, 11) is 1.20. The molecule has 1 unspecified atom stereocenters. The quantitative estimate of drug-likeness (QED) is 0.340. The van der Waals surface area contributed by atoms with Crippen molar-refractivity contribution in [2.24, 2.45) is 0 Å². The number of hydrogen-bond acceptors (Lipinski definition) is 5. The lowest BCUT2D eigenvalue weighted by molar-refractivity contribution is -0.136. The number of rotatable bonds is 9. The molecule has 0 bridgehead atoms. The Morgan fingerprint density at radius 3 is 2.54 bits per heavy atom. The molecule has 0 heterocycles. The number of hydrogen-bond donors (Lipinski definition) is 4. The lowest BCUT2D eigenvalue weighted by atomic mass is 9.99. The topological polar surface area (TPSA) is 126 Å². The van der Waals surface area contributed by atoms with E-state index in [4.69, 9.17) is 16.3 Å². The summed E-state index contributed by atoms with van der Waals surface area (Å²) in [6, 6.07) is 10.6. The number of halogens is 1. The van der Waals surface area contributed by atoms with Crippen molar-refractivity contribution in [3.05, 3.63) is 93.0 Å². The van der Waals surface area contributed by atoms with Crippen LogP contribution in [0.2, 0.25) is 5.02 Å². The largest absolute Gasteiger partial charge is 0.542 e. The Morgan fingerprint density at radius 1 is 1.07 bits per heavy atom. The molecule has 0 aliphatic heterocycles. The number of carbonyl (C=O) groups excluding carboxylic acids is 4. The molecule has 9 nitrogen and oxygen atoms in total. The summed E-state index contributed by atoms with van der Waals surface area (Å²) in [6.07, 6.45) is 8.00. The van der Waals surface area contributed by atoms with Gasteiger partial charge in [-0.25, -0.2) is 4.79 Å². The van der Waals surface area contributed by atoms with Crippen LogP contribution in [0.3, 0.4) is 0 Å². The molecule has 2 aromatic rings. The standard InChI is InChI=1S/C30H34BClN4O5/c1-17-14-21(27(37)34-18(2)19-8-4-3-5-9-19)15-23(32)26(17)28(38)35-25(29(39)41-31)16-33-30(40)36-24-13-12-20-10-6-7-11-22(20)24/h3-5,7-9,11,14-15,18,24-25H,6,10,12-13,16,31H2,1-2H3,(H,34,37)(H,35,38)(H2,33,36,40)/t18-,24?,25+/m1/s1. The zero-order chi connectivity index (χ0) is 29.5. The fraction of sp³-hybridized carbons (Fsp3) is 0.333. The summed E-state index contributed by atoms with van der Waals surface area (Å²) < 4.78 is 4.84. The molecule has 2 aliphatic carbocycles. The first kappa shape index (κ1) is 29.9. The second kappa shape index (κ2) is 13.5. The van der Waals surface area contributed by atoms with Crippen LogP contribution in [0.5, 0.6) is 0 Å². The lowest BCUT2D eigenvalue weighted by Gasteiger charge is -2.21. The monoisotopic (exact) mass is 576 g/mol. The minimum atomic E-state index is -1.16. The van der Waals surface area contributed by atoms with Crippen LogP contribution < -0.4 is 21.3 Å². The number of carbonyl (C=O) groups is 4. The molecular formula is C30H34BClN4O5. The molecule has 0 saturated heterocycles. The van der Waals surface area contributed by atoms with Gasteiger partial charge in [0, 0.05) is 5.56 Å². The van der Waals surface area contributed by atoms with E-state index in [2.05, 4.69) is 33.4 Å². The summed E-state index contributed by atoms with van der Waals surface area (Å²) in [5.41, 5.74) is 4.35. The number of urea groups is 1. The van der Waals surface area contributed by atoms with Crippen molar-refractivity contribution in [1.29, 1.82) is 0 Å². The fourth-order valence-corrected chi connectivity index (χ4v) is 5.58. The van der Waals surface area contributed by atoms with Crippen LogP contribution in [0.15, 0.2) is 65.8 Å². The lowest BCUT2D eigenvalue weighted by Crippen LogP contribution is -2.52. The van der Waals surface area contributed by atoms with Gasteiger partial charge in [-0.3, -0.25) is 14.4 Å². The average Bonchev–Trinajstić information content (AvgIpc) is 3.37. The zero-order valence-electron chi connectivity index (χ0n) is 23.4. The van der Waals surface area contributed by atoms with Crippen molar-refractivity contribution in [1.82, 2.24) is 21.3 Å². The molecule has 11 heteroatoms. The first-order valence-electron chi connectivity index (χ1n) is 13.7. The van der Waals surface area contributed by atoms with Gasteiger partial charge in [-0.2, -0.15) is 0 Å². The highest BCUT2D eigenvalue weighted by atomic mass is 35.5. The van der Waals surface area contributed by atoms with Crippen molar-refractivity contribution >= 4 is 43.5 Å². The normalized spacial score (nSPS) is 17.2. The summed E-state index contributed by atoms with van der Waals surface area (Å²) in [5.74, 6) is -1.69. The minimum Gasteiger partial charge on any atom is -0.542 e. The number of nitrogens with one attached hydrogen (secondary N) is 4. The van der Waals surface area contributed by atoms with Crippen LogP contribution in [0, 0.1) is 6.92 Å². The third kappa shape index (κ3) is 7.38. The summed E-state index contributed by atoms with van der Waals surface area (Å²) in [4.78, 5) is 51.2. The van der Waals surface area contributed by atoms with Gasteiger partial charge in [-0.1, -0.05) is 59.7 Å². The van der Waals surface area contributed by atoms with Crippen molar-refractivity contribution in [2.45, 2.75) is 57.7 Å². The summed E-state index contributed by atoms with van der Waals surface area (Å²) in [5, 5.41) is 11.2. The molecular weight excluding hydrogens is 543 g/mol. The van der Waals surface area contributed by atoms with Crippen LogP contribution in [0.25, 0.3) is 0 Å². The maximum Gasteiger partial charge on any atom is 0.326 e. The minimum absolute atomic E-state index is 0.0557. The van der Waals surface area contributed by atoms with E-state index in [-0.39, 0.29) is 35.1 Å². The van der Waals surface area contributed by atoms with Crippen LogP contribution >= 0.6 is 11.6 Å².